The molecule has 4 heterocycles. The van der Waals surface area contributed by atoms with Gasteiger partial charge in [-0.05, 0) is 11.6 Å². The molecule has 0 bridgehead atoms. The lowest BCUT2D eigenvalue weighted by Gasteiger charge is -2.50. The zero-order valence-electron chi connectivity index (χ0n) is 25.1. The number of fused-ring (bicyclic) bond motifs is 1. The van der Waals surface area contributed by atoms with E-state index in [9.17, 15) is 24.7 Å². The fraction of sp³-hybridized carbons (Fsp3) is 0.440. The van der Waals surface area contributed by atoms with Gasteiger partial charge in [-0.3, -0.25) is 19.5 Å². The highest BCUT2D eigenvalue weighted by Crippen LogP contribution is 2.45. The fourth-order valence-corrected chi connectivity index (χ4v) is 8.76. The van der Waals surface area contributed by atoms with Crippen LogP contribution in [-0.2, 0) is 30.3 Å². The van der Waals surface area contributed by atoms with Crippen LogP contribution >= 0.6 is 58.2 Å². The number of rotatable bonds is 15. The lowest BCUT2D eigenvalue weighted by Crippen LogP contribution is -2.87. The van der Waals surface area contributed by atoms with Crippen molar-refractivity contribution >= 4 is 97.0 Å². The molecule has 2 amide bonds. The molecule has 47 heavy (non-hydrogen) atoms. The number of β-lactam (4-membered cyclic amide) rings is 1. The van der Waals surface area contributed by atoms with Crippen LogP contribution in [0.5, 0.6) is 0 Å². The molecule has 2 aliphatic heterocycles. The molecular weight excluding hydrogens is 736 g/mol. The Hall–Kier alpha value is -2.63. The highest BCUT2D eigenvalue weighted by Gasteiger charge is 2.53. The molecular formula is C25H33ClN8O8S5. The maximum atomic E-state index is 13.1. The Morgan fingerprint density at radius 1 is 1.34 bits per heavy atom. The van der Waals surface area contributed by atoms with Gasteiger partial charge in [-0.2, -0.15) is 11.8 Å². The number of pyridine rings is 1. The van der Waals surface area contributed by atoms with Crippen molar-refractivity contribution < 1.29 is 48.3 Å². The number of halogens is 1. The van der Waals surface area contributed by atoms with Crippen LogP contribution in [0.15, 0.2) is 39.1 Å². The number of anilines is 1. The topological polar surface area (TPSA) is 264 Å². The summed E-state index contributed by atoms with van der Waals surface area (Å²) in [6.45, 7) is 3.24. The number of thioether (sulfide) groups is 3. The Morgan fingerprint density at radius 2 is 2.06 bits per heavy atom. The third-order valence-corrected chi connectivity index (χ3v) is 11.1. The number of nitrogens with zero attached hydrogens (tertiary/aromatic N) is 4. The molecule has 2 aromatic heterocycles. The predicted molar refractivity (Wildman–Crippen MR) is 178 cm³/mol. The van der Waals surface area contributed by atoms with E-state index in [1.54, 1.807) is 24.2 Å². The Bertz CT molecular complexity index is 1620. The van der Waals surface area contributed by atoms with Crippen molar-refractivity contribution in [1.29, 1.82) is 0 Å². The molecule has 0 unspecified atom stereocenters. The maximum absolute atomic E-state index is 13.1. The van der Waals surface area contributed by atoms with Crippen molar-refractivity contribution in [2.24, 2.45) is 5.16 Å². The molecule has 2 atom stereocenters. The molecule has 0 radical (unpaired) electrons. The van der Waals surface area contributed by atoms with Crippen LogP contribution in [0.3, 0.4) is 0 Å². The summed E-state index contributed by atoms with van der Waals surface area (Å²) in [5.41, 5.74) is 5.73. The Labute approximate surface area is 292 Å². The molecule has 0 spiro atoms. The highest BCUT2D eigenvalue weighted by atomic mass is 35.5. The zero-order chi connectivity index (χ0) is 34.7. The number of amides is 2. The van der Waals surface area contributed by atoms with E-state index in [0.29, 0.717) is 11.2 Å². The Balaban J connectivity index is 0.00000111. The summed E-state index contributed by atoms with van der Waals surface area (Å²) in [6.07, 6.45) is 5.20. The first kappa shape index (κ1) is 38.8. The monoisotopic (exact) mass is 768 g/mol. The van der Waals surface area contributed by atoms with Gasteiger partial charge in [0.2, 0.25) is 0 Å². The summed E-state index contributed by atoms with van der Waals surface area (Å²) >= 11 is 11.3. The summed E-state index contributed by atoms with van der Waals surface area (Å²) in [5.74, 6) is -1.04. The van der Waals surface area contributed by atoms with E-state index in [4.69, 9.17) is 30.3 Å². The third kappa shape index (κ3) is 11.2. The third-order valence-electron chi connectivity index (χ3n) is 6.27. The number of quaternary nitrogens is 2. The summed E-state index contributed by atoms with van der Waals surface area (Å²) in [5, 5.41) is 31.0. The number of nitrogens with one attached hydrogen (secondary N) is 1. The van der Waals surface area contributed by atoms with Crippen LogP contribution in [0.1, 0.15) is 17.7 Å². The van der Waals surface area contributed by atoms with Gasteiger partial charge in [-0.1, -0.05) is 39.9 Å². The molecule has 0 aliphatic carbocycles. The van der Waals surface area contributed by atoms with Gasteiger partial charge in [0, 0.05) is 52.1 Å². The summed E-state index contributed by atoms with van der Waals surface area (Å²) in [7, 11) is -1.85. The van der Waals surface area contributed by atoms with Crippen LogP contribution in [-0.4, -0.2) is 112 Å². The van der Waals surface area contributed by atoms with E-state index < -0.39 is 45.0 Å². The van der Waals surface area contributed by atoms with Gasteiger partial charge in [-0.15, -0.1) is 11.8 Å². The van der Waals surface area contributed by atoms with Crippen molar-refractivity contribution in [2.75, 3.05) is 50.2 Å². The van der Waals surface area contributed by atoms with Crippen molar-refractivity contribution in [1.82, 2.24) is 20.2 Å². The molecule has 8 N–H and O–H groups in total. The lowest BCUT2D eigenvalue weighted by molar-refractivity contribution is -0.667. The van der Waals surface area contributed by atoms with Crippen molar-refractivity contribution in [3.8, 4) is 0 Å². The number of nitrogen functional groups attached to an aromatic ring is 1. The summed E-state index contributed by atoms with van der Waals surface area (Å²) in [4.78, 5) is 48.8. The Kier molecular flexibility index (Phi) is 15.0. The molecule has 0 saturated carbocycles. The minimum absolute atomic E-state index is 0.0430. The van der Waals surface area contributed by atoms with E-state index in [2.05, 4.69) is 38.1 Å². The van der Waals surface area contributed by atoms with Crippen LogP contribution in [0.4, 0.5) is 5.13 Å². The standard InChI is InChI=1S/C24H29ClN8O5S4.CH4O3S/c1-27-4-2-5-28-7-8-39-10-12-9-29-6-3-13(12)41-14-11-40-22-17(21(35)33(22)18(14)23(36)37)30-20(34)16(32-38)15-19(25)42-24(26)31-15;1-5(2,3)4/h3,6,9,17,22,27-28,38H,2,4-5,7-8,10-11H2,1H3,(H2,26,31)(H,30,34)(H,36,37);1H3,(H,2,3,4)/b32-16-;/t17-,22-;/m1./s1. The molecule has 258 valence electrons. The summed E-state index contributed by atoms with van der Waals surface area (Å²) < 4.78 is 27.3. The minimum Gasteiger partial charge on any atom is -0.748 e. The van der Waals surface area contributed by atoms with E-state index in [1.165, 1.54) is 29.9 Å². The number of carbonyl (C=O) groups excluding carboxylic acids is 3. The van der Waals surface area contributed by atoms with Gasteiger partial charge in [0.15, 0.2) is 10.8 Å². The first-order valence-electron chi connectivity index (χ1n) is 13.8. The van der Waals surface area contributed by atoms with Crippen molar-refractivity contribution in [3.63, 3.8) is 0 Å². The largest absolute Gasteiger partial charge is 0.748 e. The first-order valence-corrected chi connectivity index (χ1v) is 19.8. The normalized spacial score (nSPS) is 17.8. The zero-order valence-corrected chi connectivity index (χ0v) is 29.9. The molecule has 1 fully saturated rings. The lowest BCUT2D eigenvalue weighted by atomic mass is 10.0. The van der Waals surface area contributed by atoms with E-state index >= 15 is 0 Å². The van der Waals surface area contributed by atoms with Gasteiger partial charge in [0.25, 0.3) is 11.8 Å². The number of hydrogen-bond acceptors (Lipinski definition) is 16. The number of aromatic nitrogens is 2. The van der Waals surface area contributed by atoms with Crippen molar-refractivity contribution in [3.05, 3.63) is 44.7 Å². The van der Waals surface area contributed by atoms with E-state index in [1.807, 2.05) is 6.07 Å². The van der Waals surface area contributed by atoms with E-state index in [0.717, 1.165) is 57.8 Å². The molecule has 22 heteroatoms. The van der Waals surface area contributed by atoms with Crippen LogP contribution < -0.4 is 26.8 Å². The SMILES string of the molecule is CS(=O)(=O)[O-].C[NH2+]CCC[NH2+]CCSCc1cnccc1SC1=C(C(=O)[O-])N2C(=O)[C@@H](NC(=O)/C(=N\O)c3nc(N)sc3Cl)[C@H]2SC1. The summed E-state index contributed by atoms with van der Waals surface area (Å²) in [6, 6.07) is 0.775. The maximum Gasteiger partial charge on any atom is 0.276 e. The van der Waals surface area contributed by atoms with Crippen LogP contribution in [0.25, 0.3) is 0 Å². The number of hydrogen-bond donors (Lipinski definition) is 5. The number of aliphatic carboxylic acids is 1. The van der Waals surface area contributed by atoms with Crippen LogP contribution in [0.2, 0.25) is 4.34 Å². The average Bonchev–Trinajstić information content (AvgIpc) is 3.34. The second-order valence-corrected chi connectivity index (χ2v) is 16.2. The molecule has 0 aromatic carbocycles. The van der Waals surface area contributed by atoms with Gasteiger partial charge in [0.1, 0.15) is 21.4 Å². The van der Waals surface area contributed by atoms with Crippen molar-refractivity contribution in [2.45, 2.75) is 28.5 Å². The molecule has 2 aromatic rings. The van der Waals surface area contributed by atoms with E-state index in [-0.39, 0.29) is 26.6 Å². The van der Waals surface area contributed by atoms with Gasteiger partial charge < -0.3 is 41.3 Å². The number of carboxylic acids is 1. The first-order chi connectivity index (χ1) is 22.3. The van der Waals surface area contributed by atoms with Crippen LogP contribution in [0, 0.1) is 0 Å². The number of carboxylic acid groups (broad SMARTS) is 1. The minimum atomic E-state index is -3.92. The molecule has 1 saturated heterocycles. The molecule has 2 aliphatic rings. The van der Waals surface area contributed by atoms with Gasteiger partial charge in [-0.25, -0.2) is 13.4 Å². The number of oxime groups is 1. The quantitative estimate of drug-likeness (QED) is 0.0317. The number of thiazole rings is 1. The number of nitrogens with two attached hydrogens (primary N) is 3. The number of carbonyl (C=O) groups is 3. The second-order valence-electron chi connectivity index (χ2n) is 9.80. The van der Waals surface area contributed by atoms with Gasteiger partial charge in [0.05, 0.1) is 48.5 Å². The highest BCUT2D eigenvalue weighted by molar-refractivity contribution is 8.06. The fourth-order valence-electron chi connectivity index (χ4n) is 4.25. The molecule has 4 rings (SSSR count). The second kappa shape index (κ2) is 18.2. The average molecular weight is 769 g/mol. The molecule has 16 nitrogen and oxygen atoms in total. The smallest absolute Gasteiger partial charge is 0.276 e. The predicted octanol–water partition coefficient (Wildman–Crippen LogP) is -2.35. The van der Waals surface area contributed by atoms with Gasteiger partial charge >= 0.3 is 0 Å². The Morgan fingerprint density at radius 3 is 2.68 bits per heavy atom.